The summed E-state index contributed by atoms with van der Waals surface area (Å²) in [5.41, 5.74) is 0. The summed E-state index contributed by atoms with van der Waals surface area (Å²) in [4.78, 5) is 11.5. The van der Waals surface area contributed by atoms with Crippen LogP contribution in [0.1, 0.15) is 34.6 Å². The first-order valence-electron chi connectivity index (χ1n) is 6.51. The predicted molar refractivity (Wildman–Crippen MR) is 75.0 cm³/mol. The largest absolute Gasteiger partial charge is 0.466 e. The lowest BCUT2D eigenvalue weighted by atomic mass is 10.1. The van der Waals surface area contributed by atoms with Crippen molar-refractivity contribution in [3.63, 3.8) is 0 Å². The second kappa shape index (κ2) is 6.68. The number of ether oxygens (including phenoxy) is 1. The summed E-state index contributed by atoms with van der Waals surface area (Å²) in [6, 6.07) is 0. The number of esters is 1. The number of carbonyl (C=O) groups excluding carboxylic acids is 1. The van der Waals surface area contributed by atoms with Crippen LogP contribution in [-0.2, 0) is 14.0 Å². The van der Waals surface area contributed by atoms with Crippen molar-refractivity contribution in [2.24, 2.45) is 5.92 Å². The molecule has 0 radical (unpaired) electrons. The van der Waals surface area contributed by atoms with Crippen LogP contribution in [0, 0.1) is 5.92 Å². The average molecular weight is 276 g/mol. The third-order valence-corrected chi connectivity index (χ3v) is 8.16. The van der Waals surface area contributed by atoms with E-state index in [2.05, 4.69) is 33.9 Å². The summed E-state index contributed by atoms with van der Waals surface area (Å²) in [6.45, 7) is 14.6. The van der Waals surface area contributed by atoms with Crippen LogP contribution in [0.4, 0.5) is 0 Å². The monoisotopic (exact) mass is 276 g/mol. The molecule has 2 atom stereocenters. The Morgan fingerprint density at radius 2 is 1.83 bits per heavy atom. The van der Waals surface area contributed by atoms with Crippen molar-refractivity contribution in [2.45, 2.75) is 58.9 Å². The van der Waals surface area contributed by atoms with Crippen molar-refractivity contribution < 1.29 is 19.1 Å². The van der Waals surface area contributed by atoms with Crippen molar-refractivity contribution >= 4 is 14.3 Å². The first-order chi connectivity index (χ1) is 8.03. The van der Waals surface area contributed by atoms with Crippen LogP contribution < -0.4 is 0 Å². The van der Waals surface area contributed by atoms with Gasteiger partial charge in [-0.3, -0.25) is 4.79 Å². The average Bonchev–Trinajstić information content (AvgIpc) is 2.23. The van der Waals surface area contributed by atoms with Gasteiger partial charge in [-0.2, -0.15) is 0 Å². The highest BCUT2D eigenvalue weighted by molar-refractivity contribution is 6.74. The zero-order valence-electron chi connectivity index (χ0n) is 12.7. The summed E-state index contributed by atoms with van der Waals surface area (Å²) in [5, 5.41) is 10.0. The summed E-state index contributed by atoms with van der Waals surface area (Å²) in [7, 11) is -1.88. The molecule has 0 unspecified atom stereocenters. The van der Waals surface area contributed by atoms with Gasteiger partial charge in [-0.05, 0) is 32.0 Å². The lowest BCUT2D eigenvalue weighted by molar-refractivity contribution is -0.152. The Labute approximate surface area is 112 Å². The van der Waals surface area contributed by atoms with Gasteiger partial charge in [0.1, 0.15) is 0 Å². The Morgan fingerprint density at radius 1 is 1.33 bits per heavy atom. The van der Waals surface area contributed by atoms with E-state index in [4.69, 9.17) is 9.16 Å². The van der Waals surface area contributed by atoms with Gasteiger partial charge in [0.2, 0.25) is 0 Å². The first kappa shape index (κ1) is 17.6. The molecule has 0 saturated carbocycles. The maximum Gasteiger partial charge on any atom is 0.311 e. The molecule has 0 bridgehead atoms. The number of hydrogen-bond acceptors (Lipinski definition) is 4. The minimum absolute atomic E-state index is 0.0971. The Balaban J connectivity index is 4.34. The van der Waals surface area contributed by atoms with E-state index in [0.29, 0.717) is 6.61 Å². The van der Waals surface area contributed by atoms with Crippen molar-refractivity contribution in [1.29, 1.82) is 0 Å². The number of aliphatic hydroxyl groups excluding tert-OH is 1. The molecular weight excluding hydrogens is 248 g/mol. The molecule has 1 N–H and O–H groups in total. The minimum Gasteiger partial charge on any atom is -0.466 e. The number of carbonyl (C=O) groups is 1. The molecular formula is C13H28O4Si. The van der Waals surface area contributed by atoms with Crippen LogP contribution in [0.5, 0.6) is 0 Å². The molecule has 0 aromatic rings. The number of rotatable bonds is 6. The molecule has 108 valence electrons. The minimum atomic E-state index is -1.88. The zero-order valence-corrected chi connectivity index (χ0v) is 13.7. The molecule has 0 heterocycles. The van der Waals surface area contributed by atoms with Crippen LogP contribution in [-0.4, -0.2) is 38.7 Å². The molecule has 0 saturated heterocycles. The second-order valence-electron chi connectivity index (χ2n) is 6.18. The van der Waals surface area contributed by atoms with Crippen LogP contribution >= 0.6 is 0 Å². The van der Waals surface area contributed by atoms with Crippen LogP contribution in [0.3, 0.4) is 0 Å². The van der Waals surface area contributed by atoms with Crippen LogP contribution in [0.15, 0.2) is 0 Å². The van der Waals surface area contributed by atoms with Gasteiger partial charge in [0.25, 0.3) is 0 Å². The number of hydrogen-bond donors (Lipinski definition) is 1. The Hall–Kier alpha value is -0.393. The predicted octanol–water partition coefficient (Wildman–Crippen LogP) is 2.57. The van der Waals surface area contributed by atoms with E-state index in [9.17, 15) is 9.90 Å². The first-order valence-corrected chi connectivity index (χ1v) is 9.42. The van der Waals surface area contributed by atoms with E-state index >= 15 is 0 Å². The zero-order chi connectivity index (χ0) is 14.6. The fourth-order valence-electron chi connectivity index (χ4n) is 1.09. The fraction of sp³-hybridized carbons (Fsp3) is 0.923. The van der Waals surface area contributed by atoms with E-state index < -0.39 is 20.3 Å². The van der Waals surface area contributed by atoms with Crippen LogP contribution in [0.2, 0.25) is 18.1 Å². The van der Waals surface area contributed by atoms with Crippen molar-refractivity contribution in [3.05, 3.63) is 0 Å². The van der Waals surface area contributed by atoms with Crippen molar-refractivity contribution in [1.82, 2.24) is 0 Å². The number of aliphatic hydroxyl groups is 1. The van der Waals surface area contributed by atoms with Gasteiger partial charge in [0, 0.05) is 0 Å². The standard InChI is InChI=1S/C13H28O4Si/c1-8-16-12(15)10(2)11(14)9-17-18(6,7)13(3,4)5/h10-11,14H,8-9H2,1-7H3/t10-,11-/m1/s1. The van der Waals surface area contributed by atoms with E-state index in [1.807, 2.05) is 0 Å². The smallest absolute Gasteiger partial charge is 0.311 e. The second-order valence-corrected chi connectivity index (χ2v) is 11.0. The summed E-state index contributed by atoms with van der Waals surface area (Å²) >= 11 is 0. The van der Waals surface area contributed by atoms with Gasteiger partial charge in [-0.25, -0.2) is 0 Å². The Kier molecular flexibility index (Phi) is 6.53. The topological polar surface area (TPSA) is 55.8 Å². The molecule has 0 amide bonds. The molecule has 0 aliphatic heterocycles. The lowest BCUT2D eigenvalue weighted by Crippen LogP contribution is -2.44. The molecule has 4 nitrogen and oxygen atoms in total. The quantitative estimate of drug-likeness (QED) is 0.598. The molecule has 0 spiro atoms. The highest BCUT2D eigenvalue weighted by atomic mass is 28.4. The van der Waals surface area contributed by atoms with Gasteiger partial charge < -0.3 is 14.3 Å². The highest BCUT2D eigenvalue weighted by Crippen LogP contribution is 2.36. The summed E-state index contributed by atoms with van der Waals surface area (Å²) in [5.74, 6) is -0.918. The normalized spacial score (nSPS) is 16.2. The molecule has 0 rings (SSSR count). The Bertz CT molecular complexity index is 271. The van der Waals surface area contributed by atoms with Gasteiger partial charge in [0.15, 0.2) is 8.32 Å². The molecule has 0 aliphatic rings. The third kappa shape index (κ3) is 5.08. The van der Waals surface area contributed by atoms with Gasteiger partial charge >= 0.3 is 5.97 Å². The van der Waals surface area contributed by atoms with E-state index in [1.54, 1.807) is 13.8 Å². The van der Waals surface area contributed by atoms with Crippen molar-refractivity contribution in [3.8, 4) is 0 Å². The Morgan fingerprint density at radius 3 is 2.22 bits per heavy atom. The maximum atomic E-state index is 11.5. The van der Waals surface area contributed by atoms with Gasteiger partial charge in [0.05, 0.1) is 25.2 Å². The highest BCUT2D eigenvalue weighted by Gasteiger charge is 2.38. The molecule has 5 heteroatoms. The third-order valence-electron chi connectivity index (χ3n) is 3.66. The van der Waals surface area contributed by atoms with E-state index in [1.165, 1.54) is 0 Å². The van der Waals surface area contributed by atoms with Gasteiger partial charge in [-0.1, -0.05) is 20.8 Å². The molecule has 0 aliphatic carbocycles. The fourth-order valence-corrected chi connectivity index (χ4v) is 2.11. The lowest BCUT2D eigenvalue weighted by Gasteiger charge is -2.37. The summed E-state index contributed by atoms with van der Waals surface area (Å²) in [6.07, 6.45) is -0.807. The maximum absolute atomic E-state index is 11.5. The molecule has 0 aromatic heterocycles. The van der Waals surface area contributed by atoms with E-state index in [-0.39, 0.29) is 17.6 Å². The molecule has 0 fully saturated rings. The van der Waals surface area contributed by atoms with Gasteiger partial charge in [-0.15, -0.1) is 0 Å². The van der Waals surface area contributed by atoms with Crippen molar-refractivity contribution in [2.75, 3.05) is 13.2 Å². The van der Waals surface area contributed by atoms with Crippen LogP contribution in [0.25, 0.3) is 0 Å². The van der Waals surface area contributed by atoms with E-state index in [0.717, 1.165) is 0 Å². The molecule has 0 aromatic carbocycles. The summed E-state index contributed by atoms with van der Waals surface area (Å²) < 4.78 is 10.8. The SMILES string of the molecule is CCOC(=O)[C@H](C)[C@H](O)CO[Si](C)(C)C(C)(C)C. The molecule has 18 heavy (non-hydrogen) atoms.